The predicted molar refractivity (Wildman–Crippen MR) is 162 cm³/mol. The Morgan fingerprint density at radius 2 is 1.83 bits per heavy atom. The van der Waals surface area contributed by atoms with Crippen LogP contribution in [0.5, 0.6) is 11.6 Å². The van der Waals surface area contributed by atoms with Gasteiger partial charge in [-0.05, 0) is 67.1 Å². The molecule has 10 nitrogen and oxygen atoms in total. The fraction of sp³-hybridized carbons (Fsp3) is 0.618. The SMILES string of the molecule is COC(=O)[C@@H]1C[C@@H]2CN1C(=O)[C@H](C(C)(C)C)CC(=O)O[C@@H]1C[C@@H]3C[C@@H]3[C@H]1CC/C=C/C(F)(F)c1nc3ccc(OC(F)F)cc3nc1O2. The molecule has 2 saturated carbocycles. The molecule has 4 aliphatic rings. The number of nitrogens with zero attached hydrogens (tertiary/aromatic N) is 3. The van der Waals surface area contributed by atoms with Crippen LogP contribution in [-0.2, 0) is 29.8 Å². The molecule has 1 amide bonds. The van der Waals surface area contributed by atoms with Crippen LogP contribution in [0.1, 0.15) is 65.0 Å². The van der Waals surface area contributed by atoms with Gasteiger partial charge < -0.3 is 23.8 Å². The number of methoxy groups -OCH3 is 1. The Morgan fingerprint density at radius 3 is 2.54 bits per heavy atom. The Labute approximate surface area is 275 Å². The van der Waals surface area contributed by atoms with Gasteiger partial charge in [0.25, 0.3) is 0 Å². The average Bonchev–Trinajstić information content (AvgIpc) is 3.50. The molecule has 0 unspecified atom stereocenters. The van der Waals surface area contributed by atoms with Crippen LogP contribution in [0, 0.1) is 29.1 Å². The van der Waals surface area contributed by atoms with Crippen LogP contribution in [0.25, 0.3) is 11.0 Å². The highest BCUT2D eigenvalue weighted by atomic mass is 19.3. The normalized spacial score (nSPS) is 31.1. The zero-order valence-corrected chi connectivity index (χ0v) is 27.2. The zero-order valence-electron chi connectivity index (χ0n) is 27.2. The van der Waals surface area contributed by atoms with Gasteiger partial charge in [-0.3, -0.25) is 9.59 Å². The fourth-order valence-corrected chi connectivity index (χ4v) is 7.43. The lowest BCUT2D eigenvalue weighted by Crippen LogP contribution is -2.48. The van der Waals surface area contributed by atoms with Gasteiger partial charge in [-0.1, -0.05) is 26.8 Å². The third-order valence-corrected chi connectivity index (χ3v) is 9.97. The van der Waals surface area contributed by atoms with Crippen molar-refractivity contribution in [1.29, 1.82) is 0 Å². The van der Waals surface area contributed by atoms with E-state index in [-0.39, 0.29) is 48.2 Å². The molecule has 0 N–H and O–H groups in total. The summed E-state index contributed by atoms with van der Waals surface area (Å²) in [5, 5.41) is 0. The van der Waals surface area contributed by atoms with Gasteiger partial charge in [-0.15, -0.1) is 0 Å². The first-order chi connectivity index (χ1) is 22.6. The molecular formula is C34H39F4N3O7. The Morgan fingerprint density at radius 1 is 1.06 bits per heavy atom. The number of amides is 1. The summed E-state index contributed by atoms with van der Waals surface area (Å²) in [6.07, 6.45) is 2.92. The monoisotopic (exact) mass is 677 g/mol. The van der Waals surface area contributed by atoms with Gasteiger partial charge in [-0.2, -0.15) is 17.6 Å². The van der Waals surface area contributed by atoms with E-state index in [0.29, 0.717) is 31.1 Å². The average molecular weight is 678 g/mol. The molecule has 14 heteroatoms. The summed E-state index contributed by atoms with van der Waals surface area (Å²) >= 11 is 0. The van der Waals surface area contributed by atoms with Crippen LogP contribution < -0.4 is 9.47 Å². The molecule has 260 valence electrons. The molecule has 0 spiro atoms. The lowest BCUT2D eigenvalue weighted by atomic mass is 9.77. The first-order valence-electron chi connectivity index (χ1n) is 16.2. The molecule has 3 heterocycles. The van der Waals surface area contributed by atoms with E-state index >= 15 is 8.78 Å². The van der Waals surface area contributed by atoms with Gasteiger partial charge in [0.2, 0.25) is 11.8 Å². The minimum absolute atomic E-state index is 0.00625. The molecule has 2 aliphatic heterocycles. The number of carbonyl (C=O) groups excluding carboxylic acids is 3. The highest BCUT2D eigenvalue weighted by molar-refractivity contribution is 5.89. The first kappa shape index (κ1) is 33.9. The summed E-state index contributed by atoms with van der Waals surface area (Å²) in [5.41, 5.74) is -1.57. The van der Waals surface area contributed by atoms with Crippen LogP contribution in [-0.4, -0.2) is 71.2 Å². The summed E-state index contributed by atoms with van der Waals surface area (Å²) in [5.74, 6) is -6.35. The summed E-state index contributed by atoms with van der Waals surface area (Å²) in [6.45, 7) is 2.12. The van der Waals surface area contributed by atoms with Crippen LogP contribution in [0.3, 0.4) is 0 Å². The molecule has 2 bridgehead atoms. The van der Waals surface area contributed by atoms with Crippen LogP contribution in [0.15, 0.2) is 30.4 Å². The predicted octanol–water partition coefficient (Wildman–Crippen LogP) is 5.81. The fourth-order valence-electron chi connectivity index (χ4n) is 7.43. The number of halogens is 4. The second kappa shape index (κ2) is 12.8. The third kappa shape index (κ3) is 6.93. The van der Waals surface area contributed by atoms with Crippen LogP contribution in [0.2, 0.25) is 0 Å². The Balaban J connectivity index is 1.41. The van der Waals surface area contributed by atoms with Crippen molar-refractivity contribution in [2.75, 3.05) is 13.7 Å². The lowest BCUT2D eigenvalue weighted by molar-refractivity contribution is -0.160. The molecule has 7 atom stereocenters. The van der Waals surface area contributed by atoms with Crippen molar-refractivity contribution < 1.29 is 50.9 Å². The summed E-state index contributed by atoms with van der Waals surface area (Å²) < 4.78 is 79.2. The van der Waals surface area contributed by atoms with E-state index < -0.39 is 65.4 Å². The number of alkyl halides is 4. The van der Waals surface area contributed by atoms with Crippen molar-refractivity contribution in [3.63, 3.8) is 0 Å². The number of ether oxygens (including phenoxy) is 4. The number of esters is 2. The van der Waals surface area contributed by atoms with Gasteiger partial charge in [0.1, 0.15) is 24.0 Å². The Bertz CT molecular complexity index is 1610. The molecule has 1 aromatic heterocycles. The Hall–Kier alpha value is -3.97. The molecular weight excluding hydrogens is 638 g/mol. The highest BCUT2D eigenvalue weighted by Gasteiger charge is 2.55. The molecule has 0 radical (unpaired) electrons. The summed E-state index contributed by atoms with van der Waals surface area (Å²) in [6, 6.07) is 2.42. The quantitative estimate of drug-likeness (QED) is 0.225. The van der Waals surface area contributed by atoms with E-state index in [1.54, 1.807) is 0 Å². The molecule has 2 aromatic rings. The maximum atomic E-state index is 16.0. The van der Waals surface area contributed by atoms with E-state index in [1.807, 2.05) is 20.8 Å². The van der Waals surface area contributed by atoms with Crippen molar-refractivity contribution in [3.05, 3.63) is 36.0 Å². The maximum Gasteiger partial charge on any atom is 0.387 e. The van der Waals surface area contributed by atoms with Crippen LogP contribution >= 0.6 is 0 Å². The van der Waals surface area contributed by atoms with E-state index in [1.165, 1.54) is 30.2 Å². The van der Waals surface area contributed by atoms with Gasteiger partial charge in [0.15, 0.2) is 5.69 Å². The molecule has 1 saturated heterocycles. The number of hydrogen-bond acceptors (Lipinski definition) is 9. The smallest absolute Gasteiger partial charge is 0.387 e. The molecule has 1 aromatic carbocycles. The second-order valence-corrected chi connectivity index (χ2v) is 14.2. The van der Waals surface area contributed by atoms with E-state index in [4.69, 9.17) is 14.2 Å². The van der Waals surface area contributed by atoms with Gasteiger partial charge in [0, 0.05) is 12.5 Å². The zero-order chi connectivity index (χ0) is 34.5. The van der Waals surface area contributed by atoms with Crippen molar-refractivity contribution in [2.45, 2.75) is 90.1 Å². The van der Waals surface area contributed by atoms with Gasteiger partial charge in [-0.25, -0.2) is 14.8 Å². The number of benzene rings is 1. The number of aromatic nitrogens is 2. The van der Waals surface area contributed by atoms with Crippen molar-refractivity contribution in [1.82, 2.24) is 14.9 Å². The number of rotatable bonds is 3. The third-order valence-electron chi connectivity index (χ3n) is 9.97. The number of carbonyl (C=O) groups is 3. The van der Waals surface area contributed by atoms with E-state index in [9.17, 15) is 23.2 Å². The first-order valence-corrected chi connectivity index (χ1v) is 16.2. The topological polar surface area (TPSA) is 117 Å². The van der Waals surface area contributed by atoms with Crippen LogP contribution in [0.4, 0.5) is 17.6 Å². The lowest BCUT2D eigenvalue weighted by Gasteiger charge is -2.34. The number of fused-ring (bicyclic) bond motifs is 7. The summed E-state index contributed by atoms with van der Waals surface area (Å²) in [7, 11) is 1.17. The minimum atomic E-state index is -3.67. The van der Waals surface area contributed by atoms with Gasteiger partial charge in [0.05, 0.1) is 37.0 Å². The summed E-state index contributed by atoms with van der Waals surface area (Å²) in [4.78, 5) is 50.1. The molecule has 2 aliphatic carbocycles. The molecule has 48 heavy (non-hydrogen) atoms. The van der Waals surface area contributed by atoms with Crippen molar-refractivity contribution in [3.8, 4) is 11.6 Å². The Kier molecular flexibility index (Phi) is 9.05. The molecule has 6 rings (SSSR count). The molecule has 3 fully saturated rings. The van der Waals surface area contributed by atoms with Crippen molar-refractivity contribution >= 4 is 28.9 Å². The van der Waals surface area contributed by atoms with Crippen molar-refractivity contribution in [2.24, 2.45) is 29.1 Å². The van der Waals surface area contributed by atoms with E-state index in [2.05, 4.69) is 14.7 Å². The van der Waals surface area contributed by atoms with Gasteiger partial charge >= 0.3 is 24.5 Å². The minimum Gasteiger partial charge on any atom is -0.471 e. The highest BCUT2D eigenvalue weighted by Crippen LogP contribution is 2.58. The largest absolute Gasteiger partial charge is 0.471 e. The maximum absolute atomic E-state index is 16.0. The number of allylic oxidation sites excluding steroid dienone is 2. The standard InChI is InChI=1S/C34H39F4N3O7/c1-33(2,3)22-15-27(42)48-26-12-17-11-21(17)20(26)7-5-6-10-34(37,38)28-29(40-24-13-18(47-32(35)36)8-9-23(24)39-28)46-19-14-25(31(44)45-4)41(16-19)30(22)43/h6,8-10,13,17,19-22,25-26,32H,5,7,11-12,14-16H2,1-4H3/b10-6+/t17-,19+,20+,21-,22+,25-,26+/m0/s1. The second-order valence-electron chi connectivity index (χ2n) is 14.2. The number of hydrogen-bond donors (Lipinski definition) is 0. The van der Waals surface area contributed by atoms with E-state index in [0.717, 1.165) is 18.6 Å².